The second-order valence-electron chi connectivity index (χ2n) is 5.80. The molecule has 1 atom stereocenters. The lowest BCUT2D eigenvalue weighted by Crippen LogP contribution is -2.43. The maximum Gasteiger partial charge on any atom is 0.224 e. The fraction of sp³-hybridized carbons (Fsp3) is 0.588. The fourth-order valence-electron chi connectivity index (χ4n) is 2.85. The summed E-state index contributed by atoms with van der Waals surface area (Å²) in [5.74, 6) is -0.0638. The first-order valence-electron chi connectivity index (χ1n) is 7.93. The number of carbonyl (C=O) groups excluding carboxylic acids is 1. The topological polar surface area (TPSA) is 41.6 Å². The van der Waals surface area contributed by atoms with Crippen molar-refractivity contribution >= 4 is 5.91 Å². The van der Waals surface area contributed by atoms with E-state index in [2.05, 4.69) is 10.2 Å². The van der Waals surface area contributed by atoms with Gasteiger partial charge >= 0.3 is 0 Å². The number of hydrogen-bond acceptors (Lipinski definition) is 3. The minimum atomic E-state index is -0.173. The lowest BCUT2D eigenvalue weighted by atomic mass is 9.96. The van der Waals surface area contributed by atoms with Gasteiger partial charge in [-0.3, -0.25) is 9.69 Å². The van der Waals surface area contributed by atoms with Crippen molar-refractivity contribution in [2.75, 3.05) is 33.4 Å². The van der Waals surface area contributed by atoms with Crippen LogP contribution >= 0.6 is 0 Å². The average Bonchev–Trinajstić information content (AvgIpc) is 2.54. The lowest BCUT2D eigenvalue weighted by Gasteiger charge is -2.32. The van der Waals surface area contributed by atoms with E-state index < -0.39 is 0 Å². The summed E-state index contributed by atoms with van der Waals surface area (Å²) in [6.07, 6.45) is 2.71. The monoisotopic (exact) mass is 308 g/mol. The highest BCUT2D eigenvalue weighted by molar-refractivity contribution is 5.78. The van der Waals surface area contributed by atoms with Gasteiger partial charge in [-0.05, 0) is 31.9 Å². The summed E-state index contributed by atoms with van der Waals surface area (Å²) in [5, 5.41) is 2.96. The Morgan fingerprint density at radius 1 is 1.45 bits per heavy atom. The molecule has 0 aromatic heterocycles. The summed E-state index contributed by atoms with van der Waals surface area (Å²) in [4.78, 5) is 14.3. The van der Waals surface area contributed by atoms with Crippen molar-refractivity contribution in [2.45, 2.75) is 25.8 Å². The molecule has 1 aromatic carbocycles. The molecule has 22 heavy (non-hydrogen) atoms. The largest absolute Gasteiger partial charge is 0.385 e. The SMILES string of the molecule is COCCCNC(=O)C1CCCN(Cc2ccccc2F)C1. The Morgan fingerprint density at radius 3 is 3.05 bits per heavy atom. The average molecular weight is 308 g/mol. The molecule has 0 aliphatic carbocycles. The molecule has 0 saturated carbocycles. The van der Waals surface area contributed by atoms with Crippen molar-refractivity contribution in [3.8, 4) is 0 Å². The Labute approximate surface area is 131 Å². The standard InChI is InChI=1S/C17H25FN2O2/c1-22-11-5-9-19-17(21)15-7-4-10-20(13-15)12-14-6-2-3-8-16(14)18/h2-3,6,8,15H,4-5,7,9-13H2,1H3,(H,19,21). The van der Waals surface area contributed by atoms with Gasteiger partial charge in [0.1, 0.15) is 5.82 Å². The Morgan fingerprint density at radius 2 is 2.27 bits per heavy atom. The number of rotatable bonds is 7. The first-order chi connectivity index (χ1) is 10.7. The number of piperidine rings is 1. The maximum atomic E-state index is 13.7. The number of halogens is 1. The molecule has 0 radical (unpaired) electrons. The van der Waals surface area contributed by atoms with Crippen molar-refractivity contribution in [1.29, 1.82) is 0 Å². The van der Waals surface area contributed by atoms with Gasteiger partial charge in [-0.15, -0.1) is 0 Å². The molecule has 0 bridgehead atoms. The lowest BCUT2D eigenvalue weighted by molar-refractivity contribution is -0.126. The fourth-order valence-corrected chi connectivity index (χ4v) is 2.85. The highest BCUT2D eigenvalue weighted by Gasteiger charge is 2.25. The predicted octanol–water partition coefficient (Wildman–Crippen LogP) is 2.19. The van der Waals surface area contributed by atoms with E-state index in [0.717, 1.165) is 25.8 Å². The molecule has 2 rings (SSSR count). The molecule has 0 spiro atoms. The highest BCUT2D eigenvalue weighted by atomic mass is 19.1. The summed E-state index contributed by atoms with van der Waals surface area (Å²) in [7, 11) is 1.66. The first kappa shape index (κ1) is 16.9. The number of hydrogen-bond donors (Lipinski definition) is 1. The van der Waals surface area contributed by atoms with E-state index in [1.165, 1.54) is 6.07 Å². The normalized spacial score (nSPS) is 19.1. The molecular formula is C17H25FN2O2. The number of ether oxygens (including phenoxy) is 1. The molecule has 1 saturated heterocycles. The third-order valence-electron chi connectivity index (χ3n) is 4.05. The summed E-state index contributed by atoms with van der Waals surface area (Å²) < 4.78 is 18.7. The molecule has 5 heteroatoms. The van der Waals surface area contributed by atoms with E-state index in [0.29, 0.717) is 31.8 Å². The van der Waals surface area contributed by atoms with Gasteiger partial charge in [0.15, 0.2) is 0 Å². The van der Waals surface area contributed by atoms with Crippen molar-refractivity contribution in [2.24, 2.45) is 5.92 Å². The van der Waals surface area contributed by atoms with E-state index in [-0.39, 0.29) is 17.6 Å². The number of benzene rings is 1. The zero-order valence-electron chi connectivity index (χ0n) is 13.2. The minimum absolute atomic E-state index is 0.00284. The third-order valence-corrected chi connectivity index (χ3v) is 4.05. The minimum Gasteiger partial charge on any atom is -0.385 e. The predicted molar refractivity (Wildman–Crippen MR) is 83.9 cm³/mol. The summed E-state index contributed by atoms with van der Waals surface area (Å²) in [5.41, 5.74) is 0.698. The number of nitrogens with zero attached hydrogens (tertiary/aromatic N) is 1. The Bertz CT molecular complexity index is 481. The second-order valence-corrected chi connectivity index (χ2v) is 5.80. The number of carbonyl (C=O) groups is 1. The molecule has 1 aliphatic rings. The molecule has 1 heterocycles. The molecule has 122 valence electrons. The molecule has 1 fully saturated rings. The van der Waals surface area contributed by atoms with Gasteiger partial charge in [0.25, 0.3) is 0 Å². The molecule has 1 unspecified atom stereocenters. The van der Waals surface area contributed by atoms with Crippen LogP contribution < -0.4 is 5.32 Å². The van der Waals surface area contributed by atoms with Crippen LogP contribution in [0.4, 0.5) is 4.39 Å². The number of nitrogens with one attached hydrogen (secondary N) is 1. The Hall–Kier alpha value is -1.46. The van der Waals surface area contributed by atoms with Gasteiger partial charge in [0, 0.05) is 38.9 Å². The van der Waals surface area contributed by atoms with Gasteiger partial charge in [-0.2, -0.15) is 0 Å². The van der Waals surface area contributed by atoms with E-state index in [9.17, 15) is 9.18 Å². The second kappa shape index (κ2) is 8.86. The van der Waals surface area contributed by atoms with E-state index >= 15 is 0 Å². The van der Waals surface area contributed by atoms with Crippen molar-refractivity contribution in [3.05, 3.63) is 35.6 Å². The quantitative estimate of drug-likeness (QED) is 0.785. The molecule has 1 N–H and O–H groups in total. The van der Waals surface area contributed by atoms with Crippen LogP contribution in [0.25, 0.3) is 0 Å². The smallest absolute Gasteiger partial charge is 0.224 e. The number of amides is 1. The molecule has 1 aliphatic heterocycles. The van der Waals surface area contributed by atoms with Crippen LogP contribution in [0.3, 0.4) is 0 Å². The molecule has 1 aromatic rings. The number of methoxy groups -OCH3 is 1. The molecule has 1 amide bonds. The Balaban J connectivity index is 1.81. The van der Waals surface area contributed by atoms with E-state index in [1.807, 2.05) is 12.1 Å². The molecule has 4 nitrogen and oxygen atoms in total. The molecular weight excluding hydrogens is 283 g/mol. The zero-order valence-corrected chi connectivity index (χ0v) is 13.2. The third kappa shape index (κ3) is 5.07. The van der Waals surface area contributed by atoms with Crippen molar-refractivity contribution in [1.82, 2.24) is 10.2 Å². The van der Waals surface area contributed by atoms with E-state index in [1.54, 1.807) is 13.2 Å². The van der Waals surface area contributed by atoms with Gasteiger partial charge in [-0.25, -0.2) is 4.39 Å². The van der Waals surface area contributed by atoms with Crippen LogP contribution in [-0.4, -0.2) is 44.2 Å². The van der Waals surface area contributed by atoms with Gasteiger partial charge in [0.05, 0.1) is 5.92 Å². The number of likely N-dealkylation sites (tertiary alicyclic amines) is 1. The van der Waals surface area contributed by atoms with Crippen molar-refractivity contribution < 1.29 is 13.9 Å². The van der Waals surface area contributed by atoms with Gasteiger partial charge in [0.2, 0.25) is 5.91 Å². The van der Waals surface area contributed by atoms with Crippen LogP contribution in [0, 0.1) is 11.7 Å². The maximum absolute atomic E-state index is 13.7. The van der Waals surface area contributed by atoms with Gasteiger partial charge < -0.3 is 10.1 Å². The van der Waals surface area contributed by atoms with Gasteiger partial charge in [-0.1, -0.05) is 18.2 Å². The van der Waals surface area contributed by atoms with Crippen LogP contribution in [0.1, 0.15) is 24.8 Å². The van der Waals surface area contributed by atoms with Crippen LogP contribution in [-0.2, 0) is 16.1 Å². The van der Waals surface area contributed by atoms with Crippen LogP contribution in [0.2, 0.25) is 0 Å². The summed E-state index contributed by atoms with van der Waals surface area (Å²) >= 11 is 0. The summed E-state index contributed by atoms with van der Waals surface area (Å²) in [6.45, 7) is 3.49. The van der Waals surface area contributed by atoms with Crippen LogP contribution in [0.5, 0.6) is 0 Å². The van der Waals surface area contributed by atoms with Crippen molar-refractivity contribution in [3.63, 3.8) is 0 Å². The summed E-state index contributed by atoms with van der Waals surface area (Å²) in [6, 6.07) is 6.84. The van der Waals surface area contributed by atoms with E-state index in [4.69, 9.17) is 4.74 Å². The highest BCUT2D eigenvalue weighted by Crippen LogP contribution is 2.19. The van der Waals surface area contributed by atoms with Crippen LogP contribution in [0.15, 0.2) is 24.3 Å². The Kier molecular flexibility index (Phi) is 6.80. The zero-order chi connectivity index (χ0) is 15.8. The first-order valence-corrected chi connectivity index (χ1v) is 7.93.